The molecule has 0 saturated carbocycles. The van der Waals surface area contributed by atoms with Crippen LogP contribution in [-0.2, 0) is 19.1 Å². The van der Waals surface area contributed by atoms with Crippen molar-refractivity contribution in [1.82, 2.24) is 0 Å². The molecule has 52 heavy (non-hydrogen) atoms. The fourth-order valence-corrected chi connectivity index (χ4v) is 6.46. The van der Waals surface area contributed by atoms with Crippen molar-refractivity contribution < 1.29 is 24.2 Å². The topological polar surface area (TPSA) is 72.8 Å². The second-order valence-corrected chi connectivity index (χ2v) is 15.1. The molecule has 0 rings (SSSR count). The normalized spacial score (nSPS) is 12.4. The number of esters is 2. The van der Waals surface area contributed by atoms with Crippen molar-refractivity contribution in [3.63, 3.8) is 0 Å². The summed E-state index contributed by atoms with van der Waals surface area (Å²) in [6.07, 6.45) is 53.5. The van der Waals surface area contributed by atoms with E-state index in [4.69, 9.17) is 9.47 Å². The van der Waals surface area contributed by atoms with Crippen molar-refractivity contribution in [2.75, 3.05) is 13.2 Å². The lowest BCUT2D eigenvalue weighted by Gasteiger charge is -2.15. The highest BCUT2D eigenvalue weighted by molar-refractivity contribution is 5.70. The minimum absolute atomic E-state index is 0.0669. The molecule has 0 bridgehead atoms. The maximum atomic E-state index is 12.2. The van der Waals surface area contributed by atoms with Crippen molar-refractivity contribution in [1.29, 1.82) is 0 Å². The van der Waals surface area contributed by atoms with Gasteiger partial charge < -0.3 is 14.6 Å². The number of allylic oxidation sites excluding steroid dienone is 6. The van der Waals surface area contributed by atoms with Crippen molar-refractivity contribution >= 4 is 11.9 Å². The number of unbranched alkanes of at least 4 members (excludes halogenated alkanes) is 27. The van der Waals surface area contributed by atoms with Gasteiger partial charge in [0.2, 0.25) is 0 Å². The number of hydrogen-bond donors (Lipinski definition) is 1. The molecule has 0 heterocycles. The highest BCUT2D eigenvalue weighted by Gasteiger charge is 2.16. The molecule has 0 aromatic heterocycles. The summed E-state index contributed by atoms with van der Waals surface area (Å²) in [5.74, 6) is -0.591. The van der Waals surface area contributed by atoms with Crippen molar-refractivity contribution in [2.24, 2.45) is 0 Å². The first-order valence-corrected chi connectivity index (χ1v) is 22.5. The van der Waals surface area contributed by atoms with Crippen LogP contribution in [0.3, 0.4) is 0 Å². The number of aliphatic hydroxyl groups is 1. The molecule has 1 N–H and O–H groups in total. The lowest BCUT2D eigenvalue weighted by Crippen LogP contribution is -2.28. The Balaban J connectivity index is 3.52. The molecular weight excluding hydrogens is 645 g/mol. The van der Waals surface area contributed by atoms with Crippen LogP contribution in [0.15, 0.2) is 36.5 Å². The largest absolute Gasteiger partial charge is 0.462 e. The maximum Gasteiger partial charge on any atom is 0.306 e. The summed E-state index contributed by atoms with van der Waals surface area (Å²) in [7, 11) is 0. The van der Waals surface area contributed by atoms with Crippen molar-refractivity contribution in [3.05, 3.63) is 36.5 Å². The van der Waals surface area contributed by atoms with Gasteiger partial charge in [0.1, 0.15) is 6.61 Å². The van der Waals surface area contributed by atoms with Crippen LogP contribution in [0.5, 0.6) is 0 Å². The van der Waals surface area contributed by atoms with Gasteiger partial charge in [-0.1, -0.05) is 185 Å². The van der Waals surface area contributed by atoms with E-state index in [9.17, 15) is 14.7 Å². The molecule has 5 heteroatoms. The number of hydrogen-bond acceptors (Lipinski definition) is 5. The standard InChI is InChI=1S/C47H86O5/c1-3-5-7-9-11-13-15-17-19-21-23-25-27-29-31-33-35-37-39-41-46(49)51-44-45(43-48)52-47(50)42-40-38-36-34-32-30-28-26-24-22-20-18-16-14-12-10-8-6-4-2/h11,13,17-20,45,48H,3-10,12,14-16,21-44H2,1-2H3/b13-11+,19-17+,20-18+/t45-/m0/s1. The lowest BCUT2D eigenvalue weighted by molar-refractivity contribution is -0.161. The second kappa shape index (κ2) is 43.5. The van der Waals surface area contributed by atoms with E-state index in [1.165, 1.54) is 161 Å². The summed E-state index contributed by atoms with van der Waals surface area (Å²) in [6, 6.07) is 0. The Hall–Kier alpha value is -1.88. The number of carbonyl (C=O) groups excluding carboxylic acids is 2. The van der Waals surface area contributed by atoms with E-state index in [0.717, 1.165) is 44.9 Å². The number of aliphatic hydroxyl groups excluding tert-OH is 1. The van der Waals surface area contributed by atoms with Gasteiger partial charge >= 0.3 is 11.9 Å². The molecule has 0 fully saturated rings. The Labute approximate surface area is 323 Å². The van der Waals surface area contributed by atoms with E-state index >= 15 is 0 Å². The molecule has 0 aromatic carbocycles. The summed E-state index contributed by atoms with van der Waals surface area (Å²) in [4.78, 5) is 24.4. The third-order valence-corrected chi connectivity index (χ3v) is 9.91. The van der Waals surface area contributed by atoms with Crippen molar-refractivity contribution in [2.45, 2.75) is 238 Å². The first kappa shape index (κ1) is 50.1. The predicted molar refractivity (Wildman–Crippen MR) is 224 cm³/mol. The Morgan fingerprint density at radius 2 is 0.769 bits per heavy atom. The van der Waals surface area contributed by atoms with Crippen LogP contribution in [0.25, 0.3) is 0 Å². The van der Waals surface area contributed by atoms with E-state index in [1.54, 1.807) is 0 Å². The van der Waals surface area contributed by atoms with Gasteiger partial charge in [-0.3, -0.25) is 9.59 Å². The van der Waals surface area contributed by atoms with Gasteiger partial charge in [0.15, 0.2) is 6.10 Å². The van der Waals surface area contributed by atoms with Gasteiger partial charge in [-0.15, -0.1) is 0 Å². The maximum absolute atomic E-state index is 12.2. The number of ether oxygens (including phenoxy) is 2. The van der Waals surface area contributed by atoms with Crippen LogP contribution >= 0.6 is 0 Å². The third-order valence-electron chi connectivity index (χ3n) is 9.91. The molecule has 0 aliphatic carbocycles. The minimum atomic E-state index is -0.773. The van der Waals surface area contributed by atoms with Crippen LogP contribution in [-0.4, -0.2) is 36.4 Å². The molecule has 0 aliphatic rings. The molecule has 0 amide bonds. The van der Waals surface area contributed by atoms with Gasteiger partial charge in [-0.25, -0.2) is 0 Å². The molecule has 0 radical (unpaired) electrons. The zero-order valence-electron chi connectivity index (χ0n) is 34.6. The van der Waals surface area contributed by atoms with Gasteiger partial charge in [0, 0.05) is 12.8 Å². The zero-order valence-corrected chi connectivity index (χ0v) is 34.6. The van der Waals surface area contributed by atoms with E-state index in [1.807, 2.05) is 0 Å². The van der Waals surface area contributed by atoms with Crippen LogP contribution in [0, 0.1) is 0 Å². The highest BCUT2D eigenvalue weighted by Crippen LogP contribution is 2.14. The van der Waals surface area contributed by atoms with Crippen LogP contribution in [0.2, 0.25) is 0 Å². The first-order chi connectivity index (χ1) is 25.6. The van der Waals surface area contributed by atoms with Gasteiger partial charge in [-0.05, 0) is 70.6 Å². The van der Waals surface area contributed by atoms with Crippen LogP contribution < -0.4 is 0 Å². The van der Waals surface area contributed by atoms with Crippen LogP contribution in [0.4, 0.5) is 0 Å². The highest BCUT2D eigenvalue weighted by atomic mass is 16.6. The Kier molecular flexibility index (Phi) is 42.0. The minimum Gasteiger partial charge on any atom is -0.462 e. The summed E-state index contributed by atoms with van der Waals surface area (Å²) in [6.45, 7) is 4.12. The molecule has 5 nitrogen and oxygen atoms in total. The quantitative estimate of drug-likeness (QED) is 0.0385. The Bertz CT molecular complexity index is 832. The van der Waals surface area contributed by atoms with E-state index in [-0.39, 0.29) is 25.2 Å². The number of rotatable bonds is 41. The smallest absolute Gasteiger partial charge is 0.306 e. The number of carbonyl (C=O) groups is 2. The van der Waals surface area contributed by atoms with Crippen molar-refractivity contribution in [3.8, 4) is 0 Å². The summed E-state index contributed by atoms with van der Waals surface area (Å²) < 4.78 is 10.6. The summed E-state index contributed by atoms with van der Waals surface area (Å²) in [5, 5.41) is 9.59. The first-order valence-electron chi connectivity index (χ1n) is 22.5. The van der Waals surface area contributed by atoms with Gasteiger partial charge in [0.05, 0.1) is 6.61 Å². The molecule has 1 atom stereocenters. The van der Waals surface area contributed by atoms with E-state index < -0.39 is 6.10 Å². The SMILES string of the molecule is CCCCC/C=C/C/C=C/CCCCCCCCCCCC(=O)OC[C@H](CO)OC(=O)CCCCCCCCCCC/C=C/CCCCCCCC. The molecule has 0 unspecified atom stereocenters. The van der Waals surface area contributed by atoms with Crippen LogP contribution in [0.1, 0.15) is 232 Å². The predicted octanol–water partition coefficient (Wildman–Crippen LogP) is 14.4. The van der Waals surface area contributed by atoms with E-state index in [2.05, 4.69) is 50.3 Å². The van der Waals surface area contributed by atoms with Gasteiger partial charge in [-0.2, -0.15) is 0 Å². The molecule has 0 saturated heterocycles. The zero-order chi connectivity index (χ0) is 37.8. The average Bonchev–Trinajstić information content (AvgIpc) is 3.15. The lowest BCUT2D eigenvalue weighted by atomic mass is 10.1. The molecular formula is C47H86O5. The Morgan fingerprint density at radius 1 is 0.442 bits per heavy atom. The fourth-order valence-electron chi connectivity index (χ4n) is 6.46. The van der Waals surface area contributed by atoms with E-state index in [0.29, 0.717) is 12.8 Å². The molecule has 0 aliphatic heterocycles. The van der Waals surface area contributed by atoms with Gasteiger partial charge in [0.25, 0.3) is 0 Å². The molecule has 304 valence electrons. The monoisotopic (exact) mass is 731 g/mol. The summed E-state index contributed by atoms with van der Waals surface area (Å²) >= 11 is 0. The average molecular weight is 731 g/mol. The fraction of sp³-hybridized carbons (Fsp3) is 0.830. The third kappa shape index (κ3) is 40.9. The second-order valence-electron chi connectivity index (χ2n) is 15.1. The Morgan fingerprint density at radius 3 is 1.19 bits per heavy atom. The molecule has 0 aromatic rings. The summed E-state index contributed by atoms with van der Waals surface area (Å²) in [5.41, 5.74) is 0. The molecule has 0 spiro atoms.